The molecule has 0 aliphatic carbocycles. The van der Waals surface area contributed by atoms with Gasteiger partial charge in [-0.3, -0.25) is 24.6 Å². The molecule has 1 aromatic heterocycles. The Hall–Kier alpha value is -1.80. The van der Waals surface area contributed by atoms with E-state index in [4.69, 9.17) is 0 Å². The van der Waals surface area contributed by atoms with Crippen LogP contribution in [0.1, 0.15) is 24.0 Å². The van der Waals surface area contributed by atoms with E-state index in [1.54, 1.807) is 0 Å². The summed E-state index contributed by atoms with van der Waals surface area (Å²) < 4.78 is 1.14. The molecule has 2 aliphatic heterocycles. The largest absolute Gasteiger partial charge is 0.299 e. The van der Waals surface area contributed by atoms with Crippen molar-refractivity contribution >= 4 is 21.8 Å². The number of pyridine rings is 1. The number of hydrogen-bond donors (Lipinski definition) is 1. The highest BCUT2D eigenvalue weighted by Gasteiger charge is 2.30. The Kier molecular flexibility index (Phi) is 6.92. The molecule has 2 fully saturated rings. The van der Waals surface area contributed by atoms with Crippen LogP contribution in [0, 0.1) is 5.92 Å². The first-order chi connectivity index (χ1) is 14.2. The summed E-state index contributed by atoms with van der Waals surface area (Å²) in [6.07, 6.45) is 5.55. The highest BCUT2D eigenvalue weighted by atomic mass is 79.9. The molecule has 29 heavy (non-hydrogen) atoms. The molecule has 7 heteroatoms. The van der Waals surface area contributed by atoms with Gasteiger partial charge in [0.15, 0.2) is 0 Å². The van der Waals surface area contributed by atoms with Gasteiger partial charge in [-0.15, -0.1) is 0 Å². The van der Waals surface area contributed by atoms with Crippen molar-refractivity contribution in [3.8, 4) is 0 Å². The highest BCUT2D eigenvalue weighted by Crippen LogP contribution is 2.22. The average molecular weight is 458 g/mol. The SMILES string of the molecule is O=C(C1CCN(Cc2ccncc2)CC1)N1CCN(Cc2ccccc2Br)CN1. The van der Waals surface area contributed by atoms with Gasteiger partial charge in [0.1, 0.15) is 0 Å². The Labute approximate surface area is 181 Å². The van der Waals surface area contributed by atoms with Crippen LogP contribution < -0.4 is 5.43 Å². The number of piperidine rings is 1. The van der Waals surface area contributed by atoms with Gasteiger partial charge in [-0.1, -0.05) is 34.1 Å². The summed E-state index contributed by atoms with van der Waals surface area (Å²) in [7, 11) is 0. The van der Waals surface area contributed by atoms with Crippen molar-refractivity contribution in [2.24, 2.45) is 5.92 Å². The fraction of sp³-hybridized carbons (Fsp3) is 0.455. The van der Waals surface area contributed by atoms with E-state index in [9.17, 15) is 4.79 Å². The summed E-state index contributed by atoms with van der Waals surface area (Å²) in [4.78, 5) is 21.8. The van der Waals surface area contributed by atoms with E-state index in [2.05, 4.69) is 66.5 Å². The maximum absolute atomic E-state index is 12.9. The number of likely N-dealkylation sites (tertiary alicyclic amines) is 1. The van der Waals surface area contributed by atoms with Crippen molar-refractivity contribution in [3.05, 3.63) is 64.4 Å². The van der Waals surface area contributed by atoms with Gasteiger partial charge in [-0.2, -0.15) is 0 Å². The second kappa shape index (κ2) is 9.80. The normalized spacial score (nSPS) is 19.4. The van der Waals surface area contributed by atoms with Crippen LogP contribution in [0.15, 0.2) is 53.3 Å². The minimum absolute atomic E-state index is 0.131. The molecule has 0 bridgehead atoms. The number of hydrazine groups is 1. The van der Waals surface area contributed by atoms with E-state index in [0.29, 0.717) is 6.67 Å². The van der Waals surface area contributed by atoms with E-state index in [0.717, 1.165) is 56.6 Å². The fourth-order valence-corrected chi connectivity index (χ4v) is 4.49. The number of nitrogens with zero attached hydrogens (tertiary/aromatic N) is 4. The zero-order valence-electron chi connectivity index (χ0n) is 16.6. The number of hydrogen-bond acceptors (Lipinski definition) is 5. The predicted molar refractivity (Wildman–Crippen MR) is 117 cm³/mol. The van der Waals surface area contributed by atoms with Gasteiger partial charge in [-0.05, 0) is 55.3 Å². The molecular weight excluding hydrogens is 430 g/mol. The number of amides is 1. The van der Waals surface area contributed by atoms with Crippen molar-refractivity contribution in [3.63, 3.8) is 0 Å². The number of aromatic nitrogens is 1. The smallest absolute Gasteiger partial charge is 0.239 e. The summed E-state index contributed by atoms with van der Waals surface area (Å²) in [5.41, 5.74) is 5.89. The molecule has 1 N–H and O–H groups in total. The molecule has 0 unspecified atom stereocenters. The Morgan fingerprint density at radius 3 is 2.45 bits per heavy atom. The van der Waals surface area contributed by atoms with Crippen LogP contribution in [0.2, 0.25) is 0 Å². The zero-order chi connectivity index (χ0) is 20.1. The lowest BCUT2D eigenvalue weighted by Crippen LogP contribution is -2.58. The molecule has 6 nitrogen and oxygen atoms in total. The Morgan fingerprint density at radius 2 is 1.76 bits per heavy atom. The van der Waals surface area contributed by atoms with Crippen LogP contribution in [0.25, 0.3) is 0 Å². The molecular formula is C22H28BrN5O. The summed E-state index contributed by atoms with van der Waals surface area (Å²) in [6, 6.07) is 12.4. The summed E-state index contributed by atoms with van der Waals surface area (Å²) in [5, 5.41) is 1.85. The van der Waals surface area contributed by atoms with E-state index < -0.39 is 0 Å². The molecule has 0 radical (unpaired) electrons. The van der Waals surface area contributed by atoms with E-state index in [-0.39, 0.29) is 11.8 Å². The van der Waals surface area contributed by atoms with Crippen molar-refractivity contribution in [2.45, 2.75) is 25.9 Å². The second-order valence-corrected chi connectivity index (χ2v) is 8.71. The minimum Gasteiger partial charge on any atom is -0.299 e. The van der Waals surface area contributed by atoms with Crippen molar-refractivity contribution in [2.75, 3.05) is 32.8 Å². The molecule has 2 saturated heterocycles. The van der Waals surface area contributed by atoms with Gasteiger partial charge >= 0.3 is 0 Å². The molecule has 3 heterocycles. The topological polar surface area (TPSA) is 51.7 Å². The first kappa shape index (κ1) is 20.5. The fourth-order valence-electron chi connectivity index (χ4n) is 4.08. The third kappa shape index (κ3) is 5.42. The van der Waals surface area contributed by atoms with E-state index in [1.807, 2.05) is 23.5 Å². The van der Waals surface area contributed by atoms with Gasteiger partial charge in [-0.25, -0.2) is 5.43 Å². The first-order valence-corrected chi connectivity index (χ1v) is 11.1. The molecule has 2 aliphatic rings. The number of benzene rings is 1. The van der Waals surface area contributed by atoms with Gasteiger partial charge in [0.05, 0.1) is 13.2 Å². The molecule has 0 saturated carbocycles. The standard InChI is InChI=1S/C22H28BrN5O/c23-21-4-2-1-3-20(21)16-27-13-14-28(25-17-27)22(29)19-7-11-26(12-8-19)15-18-5-9-24-10-6-18/h1-6,9-10,19,25H,7-8,11-17H2. The molecule has 154 valence electrons. The molecule has 1 amide bonds. The van der Waals surface area contributed by atoms with E-state index >= 15 is 0 Å². The summed E-state index contributed by atoms with van der Waals surface area (Å²) in [5.74, 6) is 0.389. The van der Waals surface area contributed by atoms with Gasteiger partial charge in [0, 0.05) is 42.4 Å². The molecule has 0 atom stereocenters. The maximum atomic E-state index is 12.9. The van der Waals surface area contributed by atoms with Crippen LogP contribution >= 0.6 is 15.9 Å². The van der Waals surface area contributed by atoms with Crippen LogP contribution in [0.4, 0.5) is 0 Å². The Morgan fingerprint density at radius 1 is 1.00 bits per heavy atom. The molecule has 1 aromatic carbocycles. The number of rotatable bonds is 5. The third-order valence-corrected chi connectivity index (χ3v) is 6.61. The Bertz CT molecular complexity index is 802. The van der Waals surface area contributed by atoms with Crippen molar-refractivity contribution in [1.29, 1.82) is 0 Å². The van der Waals surface area contributed by atoms with Crippen molar-refractivity contribution < 1.29 is 4.79 Å². The van der Waals surface area contributed by atoms with Crippen LogP contribution in [0.3, 0.4) is 0 Å². The maximum Gasteiger partial charge on any atom is 0.239 e. The Balaban J connectivity index is 1.21. The first-order valence-electron chi connectivity index (χ1n) is 10.3. The lowest BCUT2D eigenvalue weighted by Gasteiger charge is -2.39. The average Bonchev–Trinajstić information content (AvgIpc) is 2.77. The molecule has 4 rings (SSSR count). The van der Waals surface area contributed by atoms with Crippen LogP contribution in [0.5, 0.6) is 0 Å². The number of carbonyl (C=O) groups excluding carboxylic acids is 1. The number of halogens is 1. The number of nitrogens with one attached hydrogen (secondary N) is 1. The monoisotopic (exact) mass is 457 g/mol. The second-order valence-electron chi connectivity index (χ2n) is 7.86. The number of carbonyl (C=O) groups is 1. The highest BCUT2D eigenvalue weighted by molar-refractivity contribution is 9.10. The zero-order valence-corrected chi connectivity index (χ0v) is 18.2. The minimum atomic E-state index is 0.131. The third-order valence-electron chi connectivity index (χ3n) is 5.84. The van der Waals surface area contributed by atoms with Crippen LogP contribution in [-0.2, 0) is 17.9 Å². The van der Waals surface area contributed by atoms with Crippen molar-refractivity contribution in [1.82, 2.24) is 25.2 Å². The molecule has 2 aromatic rings. The lowest BCUT2D eigenvalue weighted by molar-refractivity contribution is -0.143. The molecule has 0 spiro atoms. The van der Waals surface area contributed by atoms with Crippen LogP contribution in [-0.4, -0.2) is 58.5 Å². The van der Waals surface area contributed by atoms with Gasteiger partial charge in [0.25, 0.3) is 0 Å². The van der Waals surface area contributed by atoms with E-state index in [1.165, 1.54) is 11.1 Å². The lowest BCUT2D eigenvalue weighted by atomic mass is 9.95. The summed E-state index contributed by atoms with van der Waals surface area (Å²) in [6.45, 7) is 6.09. The quantitative estimate of drug-likeness (QED) is 0.747. The van der Waals surface area contributed by atoms with Gasteiger partial charge in [0.2, 0.25) is 5.91 Å². The predicted octanol–water partition coefficient (Wildman–Crippen LogP) is 2.86. The summed E-state index contributed by atoms with van der Waals surface area (Å²) >= 11 is 3.62. The van der Waals surface area contributed by atoms with Gasteiger partial charge < -0.3 is 0 Å².